The minimum absolute atomic E-state index is 0.120. The largest absolute Gasteiger partial charge is 0.378 e. The van der Waals surface area contributed by atoms with E-state index < -0.39 is 0 Å². The van der Waals surface area contributed by atoms with Crippen LogP contribution < -0.4 is 0 Å². The molecule has 0 amide bonds. The quantitative estimate of drug-likeness (QED) is 0.782. The fourth-order valence-electron chi connectivity index (χ4n) is 2.39. The number of aromatic nitrogens is 1. The Morgan fingerprint density at radius 3 is 3.19 bits per heavy atom. The summed E-state index contributed by atoms with van der Waals surface area (Å²) in [5, 5.41) is 1.93. The Morgan fingerprint density at radius 1 is 1.57 bits per heavy atom. The summed E-state index contributed by atoms with van der Waals surface area (Å²) in [6.07, 6.45) is 2.30. The molecule has 0 radical (unpaired) electrons. The number of morpholine rings is 1. The first-order valence-corrected chi connectivity index (χ1v) is 8.78. The van der Waals surface area contributed by atoms with Crippen LogP contribution in [0.25, 0.3) is 0 Å². The minimum atomic E-state index is 0.120. The van der Waals surface area contributed by atoms with Gasteiger partial charge >= 0.3 is 0 Å². The molecule has 1 fully saturated rings. The zero-order valence-electron chi connectivity index (χ0n) is 11.3. The van der Waals surface area contributed by atoms with Crippen molar-refractivity contribution in [1.29, 1.82) is 0 Å². The highest BCUT2D eigenvalue weighted by Gasteiger charge is 2.26. The van der Waals surface area contributed by atoms with Crippen molar-refractivity contribution >= 4 is 40.1 Å². The number of nitrogens with zero attached hydrogens (tertiary/aromatic N) is 2. The lowest BCUT2D eigenvalue weighted by Crippen LogP contribution is -2.45. The Labute approximate surface area is 136 Å². The smallest absolute Gasteiger partial charge is 0.183 e. The molecule has 0 spiro atoms. The summed E-state index contributed by atoms with van der Waals surface area (Å²) >= 11 is 8.86. The van der Waals surface area contributed by atoms with Gasteiger partial charge in [-0.25, -0.2) is 4.98 Å². The lowest BCUT2D eigenvalue weighted by Gasteiger charge is -2.34. The summed E-state index contributed by atoms with van der Waals surface area (Å²) in [5.41, 5.74) is 0. The molecule has 0 N–H and O–H groups in total. The average molecular weight is 343 g/mol. The zero-order chi connectivity index (χ0) is 14.7. The molecule has 0 aromatic carbocycles. The molecule has 4 nitrogen and oxygen atoms in total. The standard InChI is InChI=1S/C14H15ClN2O2S2/c15-14-16-7-11(21-14)8-17-3-4-19-9-10(17)6-12(18)13-2-1-5-20-13/h1-2,5,7,10H,3-4,6,8-9H2/t10-/m0/s1. The molecule has 21 heavy (non-hydrogen) atoms. The van der Waals surface area contributed by atoms with E-state index >= 15 is 0 Å². The van der Waals surface area contributed by atoms with E-state index in [1.807, 2.05) is 17.5 Å². The van der Waals surface area contributed by atoms with Crippen LogP contribution in [0.3, 0.4) is 0 Å². The third kappa shape index (κ3) is 3.90. The molecule has 2 aromatic rings. The van der Waals surface area contributed by atoms with E-state index in [-0.39, 0.29) is 11.8 Å². The predicted octanol–water partition coefficient (Wildman–Crippen LogP) is 3.33. The Morgan fingerprint density at radius 2 is 2.48 bits per heavy atom. The van der Waals surface area contributed by atoms with Gasteiger partial charge in [0.15, 0.2) is 10.3 Å². The van der Waals surface area contributed by atoms with E-state index in [2.05, 4.69) is 9.88 Å². The molecule has 2 aromatic heterocycles. The summed E-state index contributed by atoms with van der Waals surface area (Å²) in [6, 6.07) is 3.91. The Kier molecular flexibility index (Phi) is 5.03. The Hall–Kier alpha value is -0.790. The lowest BCUT2D eigenvalue weighted by molar-refractivity contribution is -0.0121. The number of hydrogen-bond donors (Lipinski definition) is 0. The molecule has 1 aliphatic heterocycles. The minimum Gasteiger partial charge on any atom is -0.378 e. The summed E-state index contributed by atoms with van der Waals surface area (Å²) in [6.45, 7) is 2.91. The second kappa shape index (κ2) is 6.98. The SMILES string of the molecule is O=C(C[C@H]1COCCN1Cc1cnc(Cl)s1)c1cccs1. The van der Waals surface area contributed by atoms with Gasteiger partial charge in [0.25, 0.3) is 0 Å². The second-order valence-electron chi connectivity index (χ2n) is 4.88. The van der Waals surface area contributed by atoms with Gasteiger partial charge in [0.1, 0.15) is 0 Å². The van der Waals surface area contributed by atoms with Crippen LogP contribution in [0.4, 0.5) is 0 Å². The maximum atomic E-state index is 12.3. The number of ketones is 1. The maximum absolute atomic E-state index is 12.3. The van der Waals surface area contributed by atoms with Gasteiger partial charge in [-0.1, -0.05) is 17.7 Å². The van der Waals surface area contributed by atoms with E-state index in [1.165, 1.54) is 22.7 Å². The molecule has 0 unspecified atom stereocenters. The molecular weight excluding hydrogens is 328 g/mol. The normalized spacial score (nSPS) is 19.8. The number of thiazole rings is 1. The third-order valence-electron chi connectivity index (χ3n) is 3.45. The van der Waals surface area contributed by atoms with Gasteiger partial charge in [-0.05, 0) is 11.4 Å². The van der Waals surface area contributed by atoms with Crippen LogP contribution in [0.1, 0.15) is 21.0 Å². The van der Waals surface area contributed by atoms with Crippen LogP contribution in [0.15, 0.2) is 23.7 Å². The number of halogens is 1. The number of Topliss-reactive ketones (excluding diaryl/α,β-unsaturated/α-hetero) is 1. The van der Waals surface area contributed by atoms with Crippen molar-refractivity contribution in [2.24, 2.45) is 0 Å². The monoisotopic (exact) mass is 342 g/mol. The molecule has 7 heteroatoms. The first kappa shape index (κ1) is 15.1. The molecule has 0 aliphatic carbocycles. The van der Waals surface area contributed by atoms with Crippen LogP contribution in [-0.2, 0) is 11.3 Å². The van der Waals surface area contributed by atoms with E-state index in [4.69, 9.17) is 16.3 Å². The van der Waals surface area contributed by atoms with Crippen LogP contribution in [-0.4, -0.2) is 41.5 Å². The van der Waals surface area contributed by atoms with E-state index in [1.54, 1.807) is 6.20 Å². The highest BCUT2D eigenvalue weighted by atomic mass is 35.5. The van der Waals surface area contributed by atoms with E-state index in [9.17, 15) is 4.79 Å². The highest BCUT2D eigenvalue weighted by molar-refractivity contribution is 7.15. The van der Waals surface area contributed by atoms with Crippen molar-refractivity contribution in [3.8, 4) is 0 Å². The fourth-order valence-corrected chi connectivity index (χ4v) is 4.07. The van der Waals surface area contributed by atoms with E-state index in [0.29, 0.717) is 24.1 Å². The van der Waals surface area contributed by atoms with Gasteiger partial charge in [0, 0.05) is 36.6 Å². The number of thiophene rings is 1. The molecule has 3 rings (SSSR count). The second-order valence-corrected chi connectivity index (χ2v) is 7.53. The lowest BCUT2D eigenvalue weighted by atomic mass is 10.1. The fraction of sp³-hybridized carbons (Fsp3) is 0.429. The van der Waals surface area contributed by atoms with Crippen LogP contribution >= 0.6 is 34.3 Å². The molecule has 1 aliphatic rings. The van der Waals surface area contributed by atoms with Crippen molar-refractivity contribution in [2.45, 2.75) is 19.0 Å². The summed E-state index contributed by atoms with van der Waals surface area (Å²) < 4.78 is 6.10. The summed E-state index contributed by atoms with van der Waals surface area (Å²) in [4.78, 5) is 20.6. The maximum Gasteiger partial charge on any atom is 0.183 e. The molecule has 0 saturated carbocycles. The zero-order valence-corrected chi connectivity index (χ0v) is 13.7. The number of ether oxygens (including phenoxy) is 1. The van der Waals surface area contributed by atoms with Crippen molar-refractivity contribution in [3.63, 3.8) is 0 Å². The van der Waals surface area contributed by atoms with Gasteiger partial charge in [-0.2, -0.15) is 0 Å². The number of hydrogen-bond acceptors (Lipinski definition) is 6. The molecule has 3 heterocycles. The van der Waals surface area contributed by atoms with E-state index in [0.717, 1.165) is 22.8 Å². The Bertz CT molecular complexity index is 600. The van der Waals surface area contributed by atoms with Gasteiger partial charge in [0.2, 0.25) is 0 Å². The topological polar surface area (TPSA) is 42.4 Å². The summed E-state index contributed by atoms with van der Waals surface area (Å²) in [5.74, 6) is 0.188. The van der Waals surface area contributed by atoms with Crippen molar-refractivity contribution in [1.82, 2.24) is 9.88 Å². The van der Waals surface area contributed by atoms with Crippen LogP contribution in [0, 0.1) is 0 Å². The molecule has 1 atom stereocenters. The van der Waals surface area contributed by atoms with Crippen LogP contribution in [0.5, 0.6) is 0 Å². The van der Waals surface area contributed by atoms with Gasteiger partial charge in [0.05, 0.1) is 18.1 Å². The molecular formula is C14H15ClN2O2S2. The third-order valence-corrected chi connectivity index (χ3v) is 5.46. The molecule has 1 saturated heterocycles. The van der Waals surface area contributed by atoms with Gasteiger partial charge in [-0.15, -0.1) is 22.7 Å². The first-order valence-electron chi connectivity index (χ1n) is 6.71. The first-order chi connectivity index (χ1) is 10.2. The molecule has 0 bridgehead atoms. The van der Waals surface area contributed by atoms with Crippen LogP contribution in [0.2, 0.25) is 4.47 Å². The van der Waals surface area contributed by atoms with Gasteiger partial charge < -0.3 is 4.74 Å². The predicted molar refractivity (Wildman–Crippen MR) is 85.4 cm³/mol. The van der Waals surface area contributed by atoms with Crippen molar-refractivity contribution in [3.05, 3.63) is 37.9 Å². The van der Waals surface area contributed by atoms with Gasteiger partial charge in [-0.3, -0.25) is 9.69 Å². The number of carbonyl (C=O) groups is 1. The average Bonchev–Trinajstić information content (AvgIpc) is 3.13. The highest BCUT2D eigenvalue weighted by Crippen LogP contribution is 2.23. The van der Waals surface area contributed by atoms with Crippen molar-refractivity contribution in [2.75, 3.05) is 19.8 Å². The number of carbonyl (C=O) groups excluding carboxylic acids is 1. The number of rotatable bonds is 5. The van der Waals surface area contributed by atoms with Crippen molar-refractivity contribution < 1.29 is 9.53 Å². The molecule has 112 valence electrons. The summed E-state index contributed by atoms with van der Waals surface area (Å²) in [7, 11) is 0. The Balaban J connectivity index is 1.65.